The number of carboxylic acid groups (broad SMARTS) is 1. The van der Waals surface area contributed by atoms with Crippen LogP contribution in [0.2, 0.25) is 0 Å². The summed E-state index contributed by atoms with van der Waals surface area (Å²) >= 11 is 0. The first kappa shape index (κ1) is 35.2. The number of likely N-dealkylation sites (N-methyl/N-ethyl adjacent to an activating group) is 1. The van der Waals surface area contributed by atoms with Crippen LogP contribution >= 0.6 is 0 Å². The van der Waals surface area contributed by atoms with Crippen molar-refractivity contribution in [2.75, 3.05) is 18.0 Å². The lowest BCUT2D eigenvalue weighted by Crippen LogP contribution is -2.27. The van der Waals surface area contributed by atoms with Gasteiger partial charge in [0.25, 0.3) is 20.2 Å². The maximum absolute atomic E-state index is 12.3. The van der Waals surface area contributed by atoms with E-state index in [2.05, 4.69) is 42.4 Å². The molecular weight excluding hydrogens is 677 g/mol. The molecule has 6 rings (SSSR count). The molecule has 0 unspecified atom stereocenters. The minimum absolute atomic E-state index is 0.148. The van der Waals surface area contributed by atoms with Gasteiger partial charge in [-0.15, -0.1) is 0 Å². The van der Waals surface area contributed by atoms with Crippen molar-refractivity contribution in [3.63, 3.8) is 0 Å². The number of hydrogen-bond acceptors (Lipinski definition) is 6. The normalized spacial score (nSPS) is 17.9. The molecule has 0 saturated heterocycles. The molecule has 260 valence electrons. The molecule has 0 atom stereocenters. The predicted molar refractivity (Wildman–Crippen MR) is 195 cm³/mol. The number of rotatable bonds is 8. The van der Waals surface area contributed by atoms with Crippen LogP contribution in [0, 0.1) is 0 Å². The second kappa shape index (κ2) is 12.0. The van der Waals surface area contributed by atoms with Crippen molar-refractivity contribution < 1.29 is 40.4 Å². The number of nitrogens with zero attached hydrogens (tertiary/aromatic N) is 2. The third kappa shape index (κ3) is 5.56. The van der Waals surface area contributed by atoms with E-state index in [-0.39, 0.29) is 16.4 Å². The van der Waals surface area contributed by atoms with Gasteiger partial charge in [0, 0.05) is 46.4 Å². The summed E-state index contributed by atoms with van der Waals surface area (Å²) in [5, 5.41) is 11.8. The Morgan fingerprint density at radius 3 is 2.12 bits per heavy atom. The third-order valence-electron chi connectivity index (χ3n) is 9.93. The summed E-state index contributed by atoms with van der Waals surface area (Å²) in [6.07, 6.45) is 9.89. The molecule has 0 saturated carbocycles. The number of carbonyl (C=O) groups is 1. The van der Waals surface area contributed by atoms with Crippen molar-refractivity contribution in [3.8, 4) is 0 Å². The van der Waals surface area contributed by atoms with E-state index in [1.807, 2.05) is 57.2 Å². The molecule has 2 heterocycles. The molecule has 0 radical (unpaired) electrons. The van der Waals surface area contributed by atoms with Crippen LogP contribution in [0.5, 0.6) is 0 Å². The quantitative estimate of drug-likeness (QED) is 0.0963. The minimum atomic E-state index is -4.82. The Morgan fingerprint density at radius 2 is 1.50 bits per heavy atom. The fraction of sp³-hybridized carbons (Fsp3) is 0.263. The fourth-order valence-electron chi connectivity index (χ4n) is 7.77. The van der Waals surface area contributed by atoms with E-state index in [1.165, 1.54) is 12.1 Å². The van der Waals surface area contributed by atoms with Crippen LogP contribution in [0.4, 0.5) is 11.4 Å². The van der Waals surface area contributed by atoms with Gasteiger partial charge in [-0.05, 0) is 91.9 Å². The molecule has 0 aromatic heterocycles. The highest BCUT2D eigenvalue weighted by molar-refractivity contribution is 7.86. The Bertz CT molecular complexity index is 2490. The van der Waals surface area contributed by atoms with Crippen molar-refractivity contribution >= 4 is 64.8 Å². The van der Waals surface area contributed by atoms with Gasteiger partial charge in [0.05, 0.1) is 15.9 Å². The molecular formula is C38H39N2O8S2+. The van der Waals surface area contributed by atoms with Gasteiger partial charge in [0.15, 0.2) is 5.71 Å². The SMILES string of the molecule is CCN1/C(=C/C=C/C=C/C2=[N+](CC)c3ccc4c(S(=O)(=O)O)cc(S(=O)(=O)O)cc4c3C2(C)C)C(C)(C)c2c1ccc1cc(C(=O)O)ccc21. The highest BCUT2D eigenvalue weighted by Gasteiger charge is 2.46. The molecule has 0 amide bonds. The van der Waals surface area contributed by atoms with Crippen molar-refractivity contribution in [3.05, 3.63) is 107 Å². The summed E-state index contributed by atoms with van der Waals surface area (Å²) in [6, 6.07) is 14.6. The van der Waals surface area contributed by atoms with E-state index in [1.54, 1.807) is 18.2 Å². The van der Waals surface area contributed by atoms with Gasteiger partial charge in [0.1, 0.15) is 11.4 Å². The maximum atomic E-state index is 12.3. The number of allylic oxidation sites excluding steroid dienone is 6. The van der Waals surface area contributed by atoms with E-state index >= 15 is 0 Å². The molecule has 2 aliphatic heterocycles. The maximum Gasteiger partial charge on any atom is 0.335 e. The molecule has 50 heavy (non-hydrogen) atoms. The second-order valence-corrected chi connectivity index (χ2v) is 16.4. The van der Waals surface area contributed by atoms with Gasteiger partial charge in [-0.1, -0.05) is 44.2 Å². The fourth-order valence-corrected chi connectivity index (χ4v) is 9.11. The van der Waals surface area contributed by atoms with Crippen molar-refractivity contribution in [1.82, 2.24) is 0 Å². The van der Waals surface area contributed by atoms with E-state index < -0.39 is 41.4 Å². The highest BCUT2D eigenvalue weighted by Crippen LogP contribution is 2.51. The molecule has 0 spiro atoms. The Kier molecular flexibility index (Phi) is 8.46. The Morgan fingerprint density at radius 1 is 0.800 bits per heavy atom. The molecule has 10 nitrogen and oxygen atoms in total. The van der Waals surface area contributed by atoms with Gasteiger partial charge >= 0.3 is 5.97 Å². The lowest BCUT2D eigenvalue weighted by atomic mass is 9.79. The lowest BCUT2D eigenvalue weighted by molar-refractivity contribution is -0.433. The molecule has 12 heteroatoms. The number of hydrogen-bond donors (Lipinski definition) is 3. The first-order valence-corrected chi connectivity index (χ1v) is 19.1. The number of aromatic carboxylic acids is 1. The van der Waals surface area contributed by atoms with Gasteiger partial charge in [-0.2, -0.15) is 21.4 Å². The first-order chi connectivity index (χ1) is 23.3. The zero-order valence-electron chi connectivity index (χ0n) is 28.6. The number of fused-ring (bicyclic) bond motifs is 6. The van der Waals surface area contributed by atoms with Gasteiger partial charge in [-0.25, -0.2) is 4.79 Å². The van der Waals surface area contributed by atoms with Gasteiger partial charge < -0.3 is 10.0 Å². The van der Waals surface area contributed by atoms with Crippen LogP contribution < -0.4 is 4.90 Å². The van der Waals surface area contributed by atoms with Crippen LogP contribution in [0.1, 0.15) is 63.0 Å². The van der Waals surface area contributed by atoms with Crippen LogP contribution in [0.3, 0.4) is 0 Å². The summed E-state index contributed by atoms with van der Waals surface area (Å²) in [5.41, 5.74) is 4.81. The summed E-state index contributed by atoms with van der Waals surface area (Å²) in [6.45, 7) is 13.6. The Labute approximate surface area is 291 Å². The summed E-state index contributed by atoms with van der Waals surface area (Å²) < 4.78 is 70.8. The number of carboxylic acids is 1. The van der Waals surface area contributed by atoms with Gasteiger partial charge in [-0.3, -0.25) is 9.11 Å². The smallest absolute Gasteiger partial charge is 0.335 e. The van der Waals surface area contributed by atoms with E-state index in [0.29, 0.717) is 17.5 Å². The Hall–Kier alpha value is -4.62. The molecule has 2 aliphatic rings. The molecule has 4 aromatic rings. The monoisotopic (exact) mass is 715 g/mol. The van der Waals surface area contributed by atoms with E-state index in [4.69, 9.17) is 0 Å². The largest absolute Gasteiger partial charge is 0.478 e. The van der Waals surface area contributed by atoms with Crippen LogP contribution in [0.25, 0.3) is 21.5 Å². The molecule has 0 aliphatic carbocycles. The topological polar surface area (TPSA) is 152 Å². The molecule has 0 fully saturated rings. The second-order valence-electron chi connectivity index (χ2n) is 13.5. The summed E-state index contributed by atoms with van der Waals surface area (Å²) in [4.78, 5) is 12.6. The number of anilines is 1. The third-order valence-corrected chi connectivity index (χ3v) is 11.7. The lowest BCUT2D eigenvalue weighted by Gasteiger charge is -2.26. The average molecular weight is 716 g/mol. The Balaban J connectivity index is 1.38. The van der Waals surface area contributed by atoms with Crippen LogP contribution in [0.15, 0.2) is 100 Å². The average Bonchev–Trinajstić information content (AvgIpc) is 3.40. The van der Waals surface area contributed by atoms with Gasteiger partial charge in [0.2, 0.25) is 5.69 Å². The van der Waals surface area contributed by atoms with E-state index in [9.17, 15) is 35.8 Å². The molecule has 4 aromatic carbocycles. The molecule has 3 N–H and O–H groups in total. The summed E-state index contributed by atoms with van der Waals surface area (Å²) in [7, 11) is -9.61. The first-order valence-electron chi connectivity index (χ1n) is 16.2. The zero-order chi connectivity index (χ0) is 36.6. The standard InChI is InChI=1S/C38H38N2O8S2/c1-7-39-29-18-15-23-20-24(36(41)42)14-16-26(23)34(29)37(3,4)32(39)12-10-9-11-13-33-38(5,6)35-28-21-25(49(43,44)45)22-31(50(46,47)48)27(28)17-19-30(35)40(33)8-2/h9-22H,7-8H2,1-6H3,(H2-,41,42,43,44,45,46,47,48)/p+1. The highest BCUT2D eigenvalue weighted by atomic mass is 32.2. The van der Waals surface area contributed by atoms with E-state index in [0.717, 1.165) is 51.7 Å². The molecule has 0 bridgehead atoms. The predicted octanol–water partition coefficient (Wildman–Crippen LogP) is 7.39. The number of benzene rings is 4. The zero-order valence-corrected chi connectivity index (χ0v) is 30.2. The minimum Gasteiger partial charge on any atom is -0.478 e. The van der Waals surface area contributed by atoms with Crippen molar-refractivity contribution in [1.29, 1.82) is 0 Å². The van der Waals surface area contributed by atoms with Crippen molar-refractivity contribution in [2.45, 2.75) is 62.2 Å². The van der Waals surface area contributed by atoms with Crippen LogP contribution in [-0.2, 0) is 31.1 Å². The van der Waals surface area contributed by atoms with Crippen LogP contribution in [-0.4, -0.2) is 60.4 Å². The van der Waals surface area contributed by atoms with Crippen molar-refractivity contribution in [2.24, 2.45) is 0 Å². The summed E-state index contributed by atoms with van der Waals surface area (Å²) in [5.74, 6) is -0.961.